The largest absolute Gasteiger partial charge is 0.465 e. The number of rotatable bonds is 8. The van der Waals surface area contributed by atoms with Crippen LogP contribution in [0.4, 0.5) is 15.8 Å². The van der Waals surface area contributed by atoms with Crippen molar-refractivity contribution in [3.8, 4) is 0 Å². The Morgan fingerprint density at radius 3 is 2.45 bits per heavy atom. The molecule has 0 unspecified atom stereocenters. The highest BCUT2D eigenvalue weighted by Gasteiger charge is 2.20. The van der Waals surface area contributed by atoms with E-state index in [0.29, 0.717) is 16.8 Å². The Hall–Kier alpha value is -2.94. The number of nitrogens with one attached hydrogen (secondary N) is 1. The van der Waals surface area contributed by atoms with E-state index < -0.39 is 21.8 Å². The van der Waals surface area contributed by atoms with Crippen molar-refractivity contribution in [2.75, 3.05) is 29.5 Å². The van der Waals surface area contributed by atoms with Gasteiger partial charge in [-0.05, 0) is 43.2 Å². The fourth-order valence-electron chi connectivity index (χ4n) is 2.82. The number of methoxy groups -OCH3 is 1. The predicted molar refractivity (Wildman–Crippen MR) is 109 cm³/mol. The van der Waals surface area contributed by atoms with Crippen LogP contribution in [0.15, 0.2) is 42.5 Å². The van der Waals surface area contributed by atoms with Gasteiger partial charge >= 0.3 is 5.97 Å². The lowest BCUT2D eigenvalue weighted by Gasteiger charge is -2.22. The van der Waals surface area contributed by atoms with E-state index in [-0.39, 0.29) is 31.0 Å². The lowest BCUT2D eigenvalue weighted by atomic mass is 10.1. The summed E-state index contributed by atoms with van der Waals surface area (Å²) in [6.07, 6.45) is 1.19. The minimum atomic E-state index is -3.71. The van der Waals surface area contributed by atoms with E-state index in [2.05, 4.69) is 5.32 Å². The van der Waals surface area contributed by atoms with Crippen LogP contribution in [-0.2, 0) is 19.6 Å². The summed E-state index contributed by atoms with van der Waals surface area (Å²) < 4.78 is 43.7. The van der Waals surface area contributed by atoms with Crippen molar-refractivity contribution < 1.29 is 27.1 Å². The first-order valence-electron chi connectivity index (χ1n) is 8.85. The molecule has 2 aromatic rings. The summed E-state index contributed by atoms with van der Waals surface area (Å²) >= 11 is 0. The topological polar surface area (TPSA) is 92.8 Å². The molecule has 0 radical (unpaired) electrons. The number of carbonyl (C=O) groups is 2. The normalized spacial score (nSPS) is 11.0. The number of esters is 1. The van der Waals surface area contributed by atoms with Gasteiger partial charge in [0.05, 0.1) is 24.6 Å². The zero-order valence-corrected chi connectivity index (χ0v) is 17.3. The number of hydrogen-bond donors (Lipinski definition) is 1. The molecule has 0 aliphatic carbocycles. The Kier molecular flexibility index (Phi) is 7.33. The fraction of sp³-hybridized carbons (Fsp3) is 0.300. The van der Waals surface area contributed by atoms with Gasteiger partial charge in [-0.2, -0.15) is 0 Å². The highest BCUT2D eigenvalue weighted by atomic mass is 32.2. The lowest BCUT2D eigenvalue weighted by molar-refractivity contribution is -0.116. The van der Waals surface area contributed by atoms with Gasteiger partial charge in [0.2, 0.25) is 15.9 Å². The maximum Gasteiger partial charge on any atom is 0.338 e. The van der Waals surface area contributed by atoms with E-state index in [9.17, 15) is 22.4 Å². The zero-order valence-electron chi connectivity index (χ0n) is 16.4. The molecular formula is C20H23FN2O5S. The van der Waals surface area contributed by atoms with E-state index in [1.54, 1.807) is 31.2 Å². The monoisotopic (exact) mass is 422 g/mol. The molecule has 7 nitrogen and oxygen atoms in total. The molecule has 1 N–H and O–H groups in total. The minimum Gasteiger partial charge on any atom is -0.465 e. The quantitative estimate of drug-likeness (QED) is 0.660. The molecule has 156 valence electrons. The summed E-state index contributed by atoms with van der Waals surface area (Å²) in [5, 5.41) is 2.70. The number of hydrogen-bond acceptors (Lipinski definition) is 5. The number of para-hydroxylation sites is 1. The van der Waals surface area contributed by atoms with Crippen molar-refractivity contribution in [2.45, 2.75) is 19.8 Å². The van der Waals surface area contributed by atoms with E-state index in [1.807, 2.05) is 0 Å². The Balaban J connectivity index is 2.04. The summed E-state index contributed by atoms with van der Waals surface area (Å²) in [7, 11) is -2.44. The van der Waals surface area contributed by atoms with Crippen LogP contribution < -0.4 is 9.62 Å². The van der Waals surface area contributed by atoms with Gasteiger partial charge in [0.25, 0.3) is 0 Å². The standard InChI is InChI=1S/C20H23FN2O5S/c1-14-15(20(25)28-2)8-6-10-17(14)22-19(24)12-7-13-23(29(3,26)27)18-11-5-4-9-16(18)21/h4-6,8-11H,7,12-13H2,1-3H3,(H,22,24). The molecule has 9 heteroatoms. The molecule has 0 fully saturated rings. The summed E-state index contributed by atoms with van der Waals surface area (Å²) in [4.78, 5) is 24.0. The number of anilines is 2. The highest BCUT2D eigenvalue weighted by molar-refractivity contribution is 7.92. The van der Waals surface area contributed by atoms with Gasteiger partial charge in [-0.3, -0.25) is 9.10 Å². The second-order valence-electron chi connectivity index (χ2n) is 6.41. The maximum absolute atomic E-state index is 14.0. The van der Waals surface area contributed by atoms with Crippen LogP contribution in [0.25, 0.3) is 0 Å². The maximum atomic E-state index is 14.0. The zero-order chi connectivity index (χ0) is 21.6. The highest BCUT2D eigenvalue weighted by Crippen LogP contribution is 2.23. The number of sulfonamides is 1. The van der Waals surface area contributed by atoms with E-state index in [1.165, 1.54) is 25.3 Å². The van der Waals surface area contributed by atoms with Gasteiger partial charge in [-0.1, -0.05) is 18.2 Å². The second-order valence-corrected chi connectivity index (χ2v) is 8.31. The van der Waals surface area contributed by atoms with Crippen molar-refractivity contribution in [3.63, 3.8) is 0 Å². The average molecular weight is 422 g/mol. The molecule has 0 spiro atoms. The van der Waals surface area contributed by atoms with Gasteiger partial charge in [-0.25, -0.2) is 17.6 Å². The smallest absolute Gasteiger partial charge is 0.338 e. The Morgan fingerprint density at radius 2 is 1.83 bits per heavy atom. The SMILES string of the molecule is COC(=O)c1cccc(NC(=O)CCCN(c2ccccc2F)S(C)(=O)=O)c1C. The number of ether oxygens (including phenoxy) is 1. The third kappa shape index (κ3) is 5.77. The molecular weight excluding hydrogens is 399 g/mol. The van der Waals surface area contributed by atoms with Crippen LogP contribution in [0, 0.1) is 12.7 Å². The van der Waals surface area contributed by atoms with Crippen LogP contribution in [-0.4, -0.2) is 40.2 Å². The minimum absolute atomic E-state index is 0.0162. The van der Waals surface area contributed by atoms with Crippen LogP contribution in [0.1, 0.15) is 28.8 Å². The molecule has 0 aliphatic heterocycles. The predicted octanol–water partition coefficient (Wildman–Crippen LogP) is 3.11. The number of amides is 1. The first kappa shape index (κ1) is 22.4. The van der Waals surface area contributed by atoms with E-state index in [4.69, 9.17) is 4.74 Å². The molecule has 2 aromatic carbocycles. The Morgan fingerprint density at radius 1 is 1.14 bits per heavy atom. The first-order valence-corrected chi connectivity index (χ1v) is 10.7. The molecule has 0 aromatic heterocycles. The van der Waals surface area contributed by atoms with Gasteiger partial charge in [0.1, 0.15) is 5.82 Å². The van der Waals surface area contributed by atoms with Crippen molar-refractivity contribution in [1.29, 1.82) is 0 Å². The van der Waals surface area contributed by atoms with Crippen LogP contribution in [0.5, 0.6) is 0 Å². The van der Waals surface area contributed by atoms with Crippen molar-refractivity contribution in [3.05, 3.63) is 59.4 Å². The summed E-state index contributed by atoms with van der Waals surface area (Å²) in [5.74, 6) is -1.51. The fourth-order valence-corrected chi connectivity index (χ4v) is 3.78. The summed E-state index contributed by atoms with van der Waals surface area (Å²) in [6.45, 7) is 1.64. The molecule has 0 atom stereocenters. The molecule has 0 heterocycles. The van der Waals surface area contributed by atoms with Gasteiger partial charge in [-0.15, -0.1) is 0 Å². The van der Waals surface area contributed by atoms with E-state index in [0.717, 1.165) is 10.6 Å². The van der Waals surface area contributed by atoms with E-state index >= 15 is 0 Å². The van der Waals surface area contributed by atoms with Crippen LogP contribution in [0.2, 0.25) is 0 Å². The second kappa shape index (κ2) is 9.51. The summed E-state index contributed by atoms with van der Waals surface area (Å²) in [6, 6.07) is 10.4. The van der Waals surface area contributed by atoms with Crippen LogP contribution in [0.3, 0.4) is 0 Å². The Bertz CT molecular complexity index is 1010. The summed E-state index contributed by atoms with van der Waals surface area (Å²) in [5.41, 5.74) is 1.31. The molecule has 0 aliphatic rings. The van der Waals surface area contributed by atoms with Crippen molar-refractivity contribution in [2.24, 2.45) is 0 Å². The molecule has 2 rings (SSSR count). The molecule has 1 amide bonds. The third-order valence-corrected chi connectivity index (χ3v) is 5.48. The van der Waals surface area contributed by atoms with Gasteiger partial charge in [0.15, 0.2) is 0 Å². The Labute approximate surface area is 169 Å². The number of nitrogens with zero attached hydrogens (tertiary/aromatic N) is 1. The molecule has 0 saturated carbocycles. The van der Waals surface area contributed by atoms with Crippen molar-refractivity contribution in [1.82, 2.24) is 0 Å². The third-order valence-electron chi connectivity index (χ3n) is 4.30. The molecule has 0 saturated heterocycles. The number of benzene rings is 2. The molecule has 0 bridgehead atoms. The van der Waals surface area contributed by atoms with Gasteiger partial charge < -0.3 is 10.1 Å². The van der Waals surface area contributed by atoms with Gasteiger partial charge in [0, 0.05) is 18.7 Å². The molecule has 29 heavy (non-hydrogen) atoms. The average Bonchev–Trinajstić information content (AvgIpc) is 2.66. The number of halogens is 1. The van der Waals surface area contributed by atoms with Crippen LogP contribution >= 0.6 is 0 Å². The van der Waals surface area contributed by atoms with Crippen molar-refractivity contribution >= 4 is 33.3 Å². The number of carbonyl (C=O) groups excluding carboxylic acids is 2. The first-order chi connectivity index (χ1) is 13.6. The lowest BCUT2D eigenvalue weighted by Crippen LogP contribution is -2.32.